The van der Waals surface area contributed by atoms with E-state index >= 15 is 0 Å². The van der Waals surface area contributed by atoms with Crippen molar-refractivity contribution in [2.24, 2.45) is 0 Å². The summed E-state index contributed by atoms with van der Waals surface area (Å²) in [5.41, 5.74) is 9.86. The number of nitrogens with two attached hydrogens (primary N) is 1. The average molecular weight is 238 g/mol. The molecule has 0 bridgehead atoms. The van der Waals surface area contributed by atoms with Crippen LogP contribution in [0.3, 0.4) is 0 Å². The quantitative estimate of drug-likeness (QED) is 0.703. The summed E-state index contributed by atoms with van der Waals surface area (Å²) in [6, 6.07) is 10.1. The number of nitrogens with zero attached hydrogens (tertiary/aromatic N) is 1. The number of benzene rings is 1. The Hall–Kier alpha value is -2.29. The van der Waals surface area contributed by atoms with Gasteiger partial charge in [-0.15, -0.1) is 0 Å². The minimum absolute atomic E-state index is 0.498. The Morgan fingerprint density at radius 1 is 1.17 bits per heavy atom. The van der Waals surface area contributed by atoms with Gasteiger partial charge >= 0.3 is 0 Å². The van der Waals surface area contributed by atoms with Gasteiger partial charge in [0.15, 0.2) is 0 Å². The molecule has 0 radical (unpaired) electrons. The van der Waals surface area contributed by atoms with Crippen molar-refractivity contribution < 1.29 is 4.42 Å². The van der Waals surface area contributed by atoms with E-state index in [2.05, 4.69) is 4.98 Å². The SMILES string of the molecule is Cc1cnc(N)c(-c2cc3cccc(C)c3o2)c1. The molecule has 3 nitrogen and oxygen atoms in total. The van der Waals surface area contributed by atoms with Gasteiger partial charge < -0.3 is 10.2 Å². The topological polar surface area (TPSA) is 52.0 Å². The molecule has 3 rings (SSSR count). The lowest BCUT2D eigenvalue weighted by Gasteiger charge is -2.02. The minimum atomic E-state index is 0.498. The molecule has 0 aliphatic heterocycles. The smallest absolute Gasteiger partial charge is 0.139 e. The Kier molecular flexibility index (Phi) is 2.33. The fourth-order valence-electron chi connectivity index (χ4n) is 2.12. The summed E-state index contributed by atoms with van der Waals surface area (Å²) in [5.74, 6) is 1.27. The van der Waals surface area contributed by atoms with Crippen LogP contribution < -0.4 is 5.73 Å². The number of para-hydroxylation sites is 1. The van der Waals surface area contributed by atoms with Gasteiger partial charge in [0, 0.05) is 11.6 Å². The lowest BCUT2D eigenvalue weighted by molar-refractivity contribution is 0.629. The largest absolute Gasteiger partial charge is 0.456 e. The number of aryl methyl sites for hydroxylation is 2. The van der Waals surface area contributed by atoms with E-state index < -0.39 is 0 Å². The monoisotopic (exact) mass is 238 g/mol. The molecular weight excluding hydrogens is 224 g/mol. The number of nitrogen functional groups attached to an aromatic ring is 1. The third-order valence-electron chi connectivity index (χ3n) is 3.06. The highest BCUT2D eigenvalue weighted by molar-refractivity contribution is 5.86. The number of hydrogen-bond acceptors (Lipinski definition) is 3. The van der Waals surface area contributed by atoms with Crippen molar-refractivity contribution in [3.05, 3.63) is 47.7 Å². The van der Waals surface area contributed by atoms with Gasteiger partial charge in [-0.2, -0.15) is 0 Å². The molecule has 0 saturated carbocycles. The van der Waals surface area contributed by atoms with Crippen LogP contribution in [-0.2, 0) is 0 Å². The maximum Gasteiger partial charge on any atom is 0.139 e. The molecule has 3 aromatic rings. The van der Waals surface area contributed by atoms with E-state index in [1.54, 1.807) is 6.20 Å². The van der Waals surface area contributed by atoms with Gasteiger partial charge in [0.2, 0.25) is 0 Å². The highest BCUT2D eigenvalue weighted by Crippen LogP contribution is 2.32. The number of pyridine rings is 1. The zero-order valence-electron chi connectivity index (χ0n) is 10.4. The highest BCUT2D eigenvalue weighted by atomic mass is 16.3. The average Bonchev–Trinajstić information content (AvgIpc) is 2.77. The van der Waals surface area contributed by atoms with Crippen LogP contribution in [0.1, 0.15) is 11.1 Å². The Balaban J connectivity index is 2.26. The first kappa shape index (κ1) is 10.8. The number of hydrogen-bond donors (Lipinski definition) is 1. The van der Waals surface area contributed by atoms with E-state index in [4.69, 9.17) is 10.2 Å². The number of furan rings is 1. The summed E-state index contributed by atoms with van der Waals surface area (Å²) in [4.78, 5) is 4.17. The molecular formula is C15H14N2O. The van der Waals surface area contributed by atoms with Crippen molar-refractivity contribution in [1.29, 1.82) is 0 Å². The van der Waals surface area contributed by atoms with Crippen molar-refractivity contribution in [2.75, 3.05) is 5.73 Å². The molecule has 18 heavy (non-hydrogen) atoms. The fraction of sp³-hybridized carbons (Fsp3) is 0.133. The zero-order valence-corrected chi connectivity index (χ0v) is 10.4. The number of fused-ring (bicyclic) bond motifs is 1. The second kappa shape index (κ2) is 3.88. The van der Waals surface area contributed by atoms with Crippen LogP contribution in [0.5, 0.6) is 0 Å². The maximum atomic E-state index is 5.91. The number of anilines is 1. The minimum Gasteiger partial charge on any atom is -0.456 e. The third-order valence-corrected chi connectivity index (χ3v) is 3.06. The van der Waals surface area contributed by atoms with Gasteiger partial charge in [0.1, 0.15) is 17.2 Å². The van der Waals surface area contributed by atoms with Gasteiger partial charge in [0.25, 0.3) is 0 Å². The molecule has 2 aromatic heterocycles. The van der Waals surface area contributed by atoms with Gasteiger partial charge in [-0.3, -0.25) is 0 Å². The van der Waals surface area contributed by atoms with E-state index in [9.17, 15) is 0 Å². The first-order chi connectivity index (χ1) is 8.65. The summed E-state index contributed by atoms with van der Waals surface area (Å²) in [5, 5.41) is 1.09. The van der Waals surface area contributed by atoms with Crippen molar-refractivity contribution in [3.63, 3.8) is 0 Å². The van der Waals surface area contributed by atoms with Crippen LogP contribution >= 0.6 is 0 Å². The molecule has 0 fully saturated rings. The molecule has 0 aliphatic carbocycles. The summed E-state index contributed by atoms with van der Waals surface area (Å²) in [7, 11) is 0. The highest BCUT2D eigenvalue weighted by Gasteiger charge is 2.11. The molecule has 3 heteroatoms. The Morgan fingerprint density at radius 2 is 2.00 bits per heavy atom. The molecule has 0 atom stereocenters. The molecule has 0 spiro atoms. The van der Waals surface area contributed by atoms with E-state index in [1.807, 2.05) is 44.2 Å². The normalized spacial score (nSPS) is 11.0. The maximum absolute atomic E-state index is 5.91. The van der Waals surface area contributed by atoms with Crippen LogP contribution in [-0.4, -0.2) is 4.98 Å². The van der Waals surface area contributed by atoms with Gasteiger partial charge in [0.05, 0.1) is 5.56 Å². The number of aromatic nitrogens is 1. The Morgan fingerprint density at radius 3 is 2.78 bits per heavy atom. The van der Waals surface area contributed by atoms with Gasteiger partial charge in [-0.05, 0) is 37.1 Å². The summed E-state index contributed by atoms with van der Waals surface area (Å²) < 4.78 is 5.90. The standard InChI is InChI=1S/C15H14N2O/c1-9-6-12(15(16)17-8-9)13-7-11-5-3-4-10(2)14(11)18-13/h3-8H,1-2H3,(H2,16,17). The number of rotatable bonds is 1. The molecule has 2 heterocycles. The van der Waals surface area contributed by atoms with Crippen molar-refractivity contribution >= 4 is 16.8 Å². The lowest BCUT2D eigenvalue weighted by atomic mass is 10.1. The summed E-state index contributed by atoms with van der Waals surface area (Å²) >= 11 is 0. The van der Waals surface area contributed by atoms with Crippen molar-refractivity contribution in [1.82, 2.24) is 4.98 Å². The Bertz CT molecular complexity index is 728. The fourth-order valence-corrected chi connectivity index (χ4v) is 2.12. The lowest BCUT2D eigenvalue weighted by Crippen LogP contribution is -1.93. The third kappa shape index (κ3) is 1.64. The summed E-state index contributed by atoms with van der Waals surface area (Å²) in [6.45, 7) is 4.03. The van der Waals surface area contributed by atoms with E-state index in [0.29, 0.717) is 5.82 Å². The van der Waals surface area contributed by atoms with Crippen LogP contribution in [0.25, 0.3) is 22.3 Å². The van der Waals surface area contributed by atoms with Gasteiger partial charge in [-0.1, -0.05) is 18.2 Å². The molecule has 0 amide bonds. The molecule has 0 saturated heterocycles. The first-order valence-electron chi connectivity index (χ1n) is 5.87. The van der Waals surface area contributed by atoms with Crippen LogP contribution in [0.15, 0.2) is 40.9 Å². The van der Waals surface area contributed by atoms with Crippen molar-refractivity contribution in [2.45, 2.75) is 13.8 Å². The predicted octanol–water partition coefficient (Wildman–Crippen LogP) is 3.69. The van der Waals surface area contributed by atoms with Crippen LogP contribution in [0, 0.1) is 13.8 Å². The van der Waals surface area contributed by atoms with Crippen LogP contribution in [0.4, 0.5) is 5.82 Å². The second-order valence-corrected chi connectivity index (χ2v) is 4.55. The Labute approximate surface area is 105 Å². The first-order valence-corrected chi connectivity index (χ1v) is 5.87. The van der Waals surface area contributed by atoms with Crippen molar-refractivity contribution in [3.8, 4) is 11.3 Å². The summed E-state index contributed by atoms with van der Waals surface area (Å²) in [6.07, 6.45) is 1.76. The van der Waals surface area contributed by atoms with E-state index in [-0.39, 0.29) is 0 Å². The zero-order chi connectivity index (χ0) is 12.7. The van der Waals surface area contributed by atoms with E-state index in [0.717, 1.165) is 33.4 Å². The second-order valence-electron chi connectivity index (χ2n) is 4.55. The van der Waals surface area contributed by atoms with Gasteiger partial charge in [-0.25, -0.2) is 4.98 Å². The van der Waals surface area contributed by atoms with E-state index in [1.165, 1.54) is 0 Å². The molecule has 0 unspecified atom stereocenters. The molecule has 90 valence electrons. The molecule has 0 aliphatic rings. The molecule has 2 N–H and O–H groups in total. The predicted molar refractivity (Wildman–Crippen MR) is 73.3 cm³/mol. The van der Waals surface area contributed by atoms with Crippen LogP contribution in [0.2, 0.25) is 0 Å². The molecule has 1 aromatic carbocycles.